The van der Waals surface area contributed by atoms with Gasteiger partial charge in [-0.25, -0.2) is 9.59 Å². The van der Waals surface area contributed by atoms with Crippen LogP contribution in [0.25, 0.3) is 0 Å². The first-order valence-corrected chi connectivity index (χ1v) is 8.17. The fourth-order valence-electron chi connectivity index (χ4n) is 2.18. The van der Waals surface area contributed by atoms with Crippen LogP contribution < -0.4 is 0 Å². The normalized spacial score (nSPS) is 11.5. The third kappa shape index (κ3) is 5.54. The van der Waals surface area contributed by atoms with Crippen LogP contribution in [-0.2, 0) is 20.7 Å². The van der Waals surface area contributed by atoms with Gasteiger partial charge in [0, 0.05) is 6.42 Å². The van der Waals surface area contributed by atoms with E-state index in [2.05, 4.69) is 0 Å². The van der Waals surface area contributed by atoms with Crippen LogP contribution in [0.4, 0.5) is 0 Å². The van der Waals surface area contributed by atoms with Gasteiger partial charge in [-0.15, -0.1) is 0 Å². The monoisotopic (exact) mass is 326 g/mol. The van der Waals surface area contributed by atoms with Gasteiger partial charge in [0.2, 0.25) is 6.10 Å². The molecule has 4 nitrogen and oxygen atoms in total. The van der Waals surface area contributed by atoms with Crippen LogP contribution in [0.15, 0.2) is 60.7 Å². The summed E-state index contributed by atoms with van der Waals surface area (Å²) in [5.74, 6) is -1.03. The number of hydrogen-bond donors (Lipinski definition) is 0. The number of carbonyl (C=O) groups is 2. The minimum atomic E-state index is -0.947. The van der Waals surface area contributed by atoms with Gasteiger partial charge in [-0.1, -0.05) is 61.9 Å². The first-order valence-electron chi connectivity index (χ1n) is 8.17. The Kier molecular flexibility index (Phi) is 7.02. The standard InChI is InChI=1S/C20H22O4/c1-2-3-14-23-20(22)18(15-16-10-6-4-7-11-16)24-19(21)17-12-8-5-9-13-17/h4-13,18H,2-3,14-15H2,1H3. The zero-order chi connectivity index (χ0) is 17.2. The highest BCUT2D eigenvalue weighted by Gasteiger charge is 2.25. The molecule has 0 saturated carbocycles. The Bertz CT molecular complexity index is 637. The first kappa shape index (κ1) is 17.7. The Hall–Kier alpha value is -2.62. The minimum absolute atomic E-state index is 0.296. The molecule has 2 rings (SSSR count). The third-order valence-corrected chi connectivity index (χ3v) is 3.53. The van der Waals surface area contributed by atoms with E-state index >= 15 is 0 Å². The van der Waals surface area contributed by atoms with Crippen molar-refractivity contribution in [3.63, 3.8) is 0 Å². The summed E-state index contributed by atoms with van der Waals surface area (Å²) in [4.78, 5) is 24.5. The fourth-order valence-corrected chi connectivity index (χ4v) is 2.18. The molecule has 0 bridgehead atoms. The third-order valence-electron chi connectivity index (χ3n) is 3.53. The lowest BCUT2D eigenvalue weighted by Crippen LogP contribution is -2.31. The van der Waals surface area contributed by atoms with Crippen molar-refractivity contribution < 1.29 is 19.1 Å². The largest absolute Gasteiger partial charge is 0.463 e. The highest BCUT2D eigenvalue weighted by atomic mass is 16.6. The average molecular weight is 326 g/mol. The lowest BCUT2D eigenvalue weighted by atomic mass is 10.1. The fraction of sp³-hybridized carbons (Fsp3) is 0.300. The highest BCUT2D eigenvalue weighted by Crippen LogP contribution is 2.11. The van der Waals surface area contributed by atoms with Crippen LogP contribution in [0.3, 0.4) is 0 Å². The van der Waals surface area contributed by atoms with Crippen LogP contribution >= 0.6 is 0 Å². The first-order chi connectivity index (χ1) is 11.7. The van der Waals surface area contributed by atoms with Crippen molar-refractivity contribution in [2.75, 3.05) is 6.61 Å². The lowest BCUT2D eigenvalue weighted by molar-refractivity contribution is -0.154. The summed E-state index contributed by atoms with van der Waals surface area (Å²) < 4.78 is 10.7. The second-order valence-corrected chi connectivity index (χ2v) is 5.47. The second kappa shape index (κ2) is 9.50. The molecule has 2 aromatic rings. The van der Waals surface area contributed by atoms with E-state index in [4.69, 9.17) is 9.47 Å². The molecular formula is C20H22O4. The summed E-state index contributed by atoms with van der Waals surface area (Å²) in [6.07, 6.45) is 1.07. The average Bonchev–Trinajstić information content (AvgIpc) is 2.63. The van der Waals surface area contributed by atoms with Crippen molar-refractivity contribution >= 4 is 11.9 Å². The number of ether oxygens (including phenoxy) is 2. The smallest absolute Gasteiger partial charge is 0.347 e. The van der Waals surface area contributed by atoms with Gasteiger partial charge in [-0.3, -0.25) is 0 Å². The zero-order valence-electron chi connectivity index (χ0n) is 13.8. The van der Waals surface area contributed by atoms with Crippen molar-refractivity contribution in [2.24, 2.45) is 0 Å². The van der Waals surface area contributed by atoms with Gasteiger partial charge >= 0.3 is 11.9 Å². The van der Waals surface area contributed by atoms with E-state index in [1.807, 2.05) is 43.3 Å². The van der Waals surface area contributed by atoms with Crippen molar-refractivity contribution in [3.8, 4) is 0 Å². The predicted octanol–water partition coefficient (Wildman–Crippen LogP) is 3.80. The second-order valence-electron chi connectivity index (χ2n) is 5.47. The summed E-state index contributed by atoms with van der Waals surface area (Å²) in [6.45, 7) is 2.36. The molecule has 0 radical (unpaired) electrons. The van der Waals surface area contributed by atoms with Gasteiger partial charge in [-0.05, 0) is 24.1 Å². The maximum absolute atomic E-state index is 12.3. The van der Waals surface area contributed by atoms with Gasteiger partial charge in [0.05, 0.1) is 12.2 Å². The summed E-state index contributed by atoms with van der Waals surface area (Å²) in [5, 5.41) is 0. The Morgan fingerprint density at radius 1 is 0.958 bits per heavy atom. The van der Waals surface area contributed by atoms with Crippen LogP contribution in [-0.4, -0.2) is 24.6 Å². The van der Waals surface area contributed by atoms with E-state index in [1.165, 1.54) is 0 Å². The van der Waals surface area contributed by atoms with Gasteiger partial charge in [0.15, 0.2) is 0 Å². The van der Waals surface area contributed by atoms with Crippen molar-refractivity contribution in [1.29, 1.82) is 0 Å². The molecule has 0 aliphatic heterocycles. The maximum atomic E-state index is 12.3. The molecule has 0 saturated heterocycles. The van der Waals surface area contributed by atoms with E-state index in [0.29, 0.717) is 18.6 Å². The molecule has 4 heteroatoms. The molecule has 0 N–H and O–H groups in total. The lowest BCUT2D eigenvalue weighted by Gasteiger charge is -2.17. The van der Waals surface area contributed by atoms with Crippen molar-refractivity contribution in [3.05, 3.63) is 71.8 Å². The van der Waals surface area contributed by atoms with Crippen molar-refractivity contribution in [2.45, 2.75) is 32.3 Å². The molecule has 0 aliphatic rings. The molecule has 126 valence electrons. The zero-order valence-corrected chi connectivity index (χ0v) is 13.8. The maximum Gasteiger partial charge on any atom is 0.347 e. The molecule has 0 spiro atoms. The molecule has 1 unspecified atom stereocenters. The SMILES string of the molecule is CCCCOC(=O)C(Cc1ccccc1)OC(=O)c1ccccc1. The number of hydrogen-bond acceptors (Lipinski definition) is 4. The van der Waals surface area contributed by atoms with Gasteiger partial charge in [0.1, 0.15) is 0 Å². The number of benzene rings is 2. The van der Waals surface area contributed by atoms with Crippen molar-refractivity contribution in [1.82, 2.24) is 0 Å². The molecule has 0 amide bonds. The van der Waals surface area contributed by atoms with Gasteiger partial charge < -0.3 is 9.47 Å². The quantitative estimate of drug-likeness (QED) is 0.547. The van der Waals surface area contributed by atoms with Crippen LogP contribution in [0, 0.1) is 0 Å². The highest BCUT2D eigenvalue weighted by molar-refractivity contribution is 5.91. The van der Waals surface area contributed by atoms with E-state index in [0.717, 1.165) is 18.4 Å². The summed E-state index contributed by atoms with van der Waals surface area (Å²) >= 11 is 0. The minimum Gasteiger partial charge on any atom is -0.463 e. The predicted molar refractivity (Wildman–Crippen MR) is 91.7 cm³/mol. The Balaban J connectivity index is 2.06. The summed E-state index contributed by atoms with van der Waals surface area (Å²) in [5.41, 5.74) is 1.33. The molecule has 0 aromatic heterocycles. The summed E-state index contributed by atoms with van der Waals surface area (Å²) in [7, 11) is 0. The van der Waals surface area contributed by atoms with Gasteiger partial charge in [-0.2, -0.15) is 0 Å². The van der Waals surface area contributed by atoms with Crippen LogP contribution in [0.2, 0.25) is 0 Å². The molecular weight excluding hydrogens is 304 g/mol. The van der Waals surface area contributed by atoms with E-state index in [9.17, 15) is 9.59 Å². The molecule has 0 aliphatic carbocycles. The molecule has 1 atom stereocenters. The van der Waals surface area contributed by atoms with E-state index in [1.54, 1.807) is 24.3 Å². The topological polar surface area (TPSA) is 52.6 Å². The van der Waals surface area contributed by atoms with Gasteiger partial charge in [0.25, 0.3) is 0 Å². The number of rotatable bonds is 8. The molecule has 2 aromatic carbocycles. The number of unbranched alkanes of at least 4 members (excludes halogenated alkanes) is 1. The number of carbonyl (C=O) groups excluding carboxylic acids is 2. The number of esters is 2. The Morgan fingerprint density at radius 3 is 2.21 bits per heavy atom. The summed E-state index contributed by atoms with van der Waals surface area (Å²) in [6, 6.07) is 18.1. The van der Waals surface area contributed by atoms with E-state index < -0.39 is 18.0 Å². The molecule has 0 fully saturated rings. The van der Waals surface area contributed by atoms with Crippen LogP contribution in [0.1, 0.15) is 35.7 Å². The Labute approximate surface area is 142 Å². The molecule has 0 heterocycles. The van der Waals surface area contributed by atoms with E-state index in [-0.39, 0.29) is 0 Å². The van der Waals surface area contributed by atoms with Crippen LogP contribution in [0.5, 0.6) is 0 Å². The Morgan fingerprint density at radius 2 is 1.58 bits per heavy atom. The molecule has 24 heavy (non-hydrogen) atoms.